The predicted octanol–water partition coefficient (Wildman–Crippen LogP) is 2.52. The van der Waals surface area contributed by atoms with Gasteiger partial charge in [0.15, 0.2) is 0 Å². The van der Waals surface area contributed by atoms with Crippen molar-refractivity contribution in [1.29, 1.82) is 0 Å². The van der Waals surface area contributed by atoms with E-state index in [-0.39, 0.29) is 0 Å². The first-order chi connectivity index (χ1) is 8.86. The highest BCUT2D eigenvalue weighted by Crippen LogP contribution is 2.53. The zero-order valence-corrected chi connectivity index (χ0v) is 12.1. The molecular formula is C15H27NOS. The lowest BCUT2D eigenvalue weighted by atomic mass is 9.54. The van der Waals surface area contributed by atoms with E-state index in [9.17, 15) is 0 Å². The molecule has 0 amide bonds. The molecule has 4 aliphatic rings. The molecule has 4 fully saturated rings. The third-order valence-corrected chi connectivity index (χ3v) is 6.37. The predicted molar refractivity (Wildman–Crippen MR) is 77.9 cm³/mol. The summed E-state index contributed by atoms with van der Waals surface area (Å²) in [4.78, 5) is 0. The number of thioether (sulfide) groups is 1. The molecule has 4 aliphatic carbocycles. The van der Waals surface area contributed by atoms with E-state index in [1.54, 1.807) is 6.42 Å². The van der Waals surface area contributed by atoms with Gasteiger partial charge < -0.3 is 10.4 Å². The van der Waals surface area contributed by atoms with Gasteiger partial charge in [-0.15, -0.1) is 0 Å². The van der Waals surface area contributed by atoms with Crippen LogP contribution in [0.25, 0.3) is 0 Å². The van der Waals surface area contributed by atoms with Crippen LogP contribution in [-0.4, -0.2) is 35.8 Å². The molecular weight excluding hydrogens is 242 g/mol. The van der Waals surface area contributed by atoms with Crippen molar-refractivity contribution >= 4 is 11.8 Å². The number of aliphatic hydroxyl groups excluding tert-OH is 1. The second kappa shape index (κ2) is 6.15. The van der Waals surface area contributed by atoms with E-state index < -0.39 is 0 Å². The smallest absolute Gasteiger partial charge is 0.0438 e. The molecule has 18 heavy (non-hydrogen) atoms. The summed E-state index contributed by atoms with van der Waals surface area (Å²) < 4.78 is 0. The van der Waals surface area contributed by atoms with Crippen LogP contribution in [0.4, 0.5) is 0 Å². The molecule has 4 rings (SSSR count). The van der Waals surface area contributed by atoms with Gasteiger partial charge in [-0.25, -0.2) is 0 Å². The van der Waals surface area contributed by atoms with E-state index >= 15 is 0 Å². The van der Waals surface area contributed by atoms with Crippen LogP contribution in [0.1, 0.15) is 38.5 Å². The molecule has 4 saturated carbocycles. The van der Waals surface area contributed by atoms with Crippen molar-refractivity contribution in [3.63, 3.8) is 0 Å². The molecule has 0 spiro atoms. The van der Waals surface area contributed by atoms with E-state index in [4.69, 9.17) is 5.11 Å². The molecule has 0 radical (unpaired) electrons. The molecule has 0 aromatic carbocycles. The van der Waals surface area contributed by atoms with Gasteiger partial charge in [0.1, 0.15) is 0 Å². The summed E-state index contributed by atoms with van der Waals surface area (Å²) in [6.45, 7) is 1.51. The van der Waals surface area contributed by atoms with Gasteiger partial charge >= 0.3 is 0 Å². The summed E-state index contributed by atoms with van der Waals surface area (Å²) in [7, 11) is 0. The maximum Gasteiger partial charge on any atom is 0.0438 e. The van der Waals surface area contributed by atoms with Gasteiger partial charge in [-0.05, 0) is 67.9 Å². The molecule has 2 N–H and O–H groups in total. The molecule has 2 nitrogen and oxygen atoms in total. The molecule has 0 atom stereocenters. The maximum absolute atomic E-state index is 8.74. The summed E-state index contributed by atoms with van der Waals surface area (Å²) >= 11 is 1.98. The Bertz CT molecular complexity index is 243. The van der Waals surface area contributed by atoms with Crippen molar-refractivity contribution in [2.24, 2.45) is 23.7 Å². The van der Waals surface area contributed by atoms with Crippen molar-refractivity contribution in [3.05, 3.63) is 0 Å². The van der Waals surface area contributed by atoms with E-state index in [2.05, 4.69) is 5.32 Å². The standard InChI is InChI=1S/C15H27NOS/c17-3-1-4-18-5-2-16-15-13-7-11-6-12(9-13)10-14(15)8-11/h11-17H,1-10H2. The molecule has 0 aliphatic heterocycles. The Hall–Kier alpha value is 0.270. The van der Waals surface area contributed by atoms with E-state index in [1.807, 2.05) is 11.8 Å². The fourth-order valence-corrected chi connectivity index (χ4v) is 5.62. The van der Waals surface area contributed by atoms with Crippen LogP contribution in [-0.2, 0) is 0 Å². The maximum atomic E-state index is 8.74. The summed E-state index contributed by atoms with van der Waals surface area (Å²) in [5.41, 5.74) is 0. The Morgan fingerprint density at radius 1 is 0.944 bits per heavy atom. The van der Waals surface area contributed by atoms with Gasteiger partial charge in [-0.2, -0.15) is 11.8 Å². The van der Waals surface area contributed by atoms with Crippen LogP contribution in [0.3, 0.4) is 0 Å². The Morgan fingerprint density at radius 3 is 2.22 bits per heavy atom. The van der Waals surface area contributed by atoms with Gasteiger partial charge in [-0.1, -0.05) is 0 Å². The molecule has 0 unspecified atom stereocenters. The Kier molecular flexibility index (Phi) is 4.53. The van der Waals surface area contributed by atoms with E-state index in [0.29, 0.717) is 6.61 Å². The number of nitrogens with one attached hydrogen (secondary N) is 1. The number of hydrogen-bond donors (Lipinski definition) is 2. The monoisotopic (exact) mass is 269 g/mol. The SMILES string of the molecule is OCCCSCCNC1C2CC3CC(C2)CC1C3. The third kappa shape index (κ3) is 2.88. The van der Waals surface area contributed by atoms with Gasteiger partial charge in [0.05, 0.1) is 0 Å². The van der Waals surface area contributed by atoms with Crippen LogP contribution in [0.5, 0.6) is 0 Å². The molecule has 104 valence electrons. The first kappa shape index (κ1) is 13.3. The summed E-state index contributed by atoms with van der Waals surface area (Å²) in [6, 6.07) is 0.844. The Labute approximate surface area is 115 Å². The van der Waals surface area contributed by atoms with Crippen molar-refractivity contribution in [3.8, 4) is 0 Å². The fourth-order valence-electron chi connectivity index (χ4n) is 4.82. The summed E-state index contributed by atoms with van der Waals surface area (Å²) in [5.74, 6) is 6.50. The van der Waals surface area contributed by atoms with Gasteiger partial charge in [0.2, 0.25) is 0 Å². The number of aliphatic hydroxyl groups is 1. The largest absolute Gasteiger partial charge is 0.396 e. The highest BCUT2D eigenvalue weighted by atomic mass is 32.2. The molecule has 0 heterocycles. The first-order valence-electron chi connectivity index (χ1n) is 7.78. The van der Waals surface area contributed by atoms with Crippen molar-refractivity contribution in [2.75, 3.05) is 24.7 Å². The van der Waals surface area contributed by atoms with Crippen LogP contribution < -0.4 is 5.32 Å². The highest BCUT2D eigenvalue weighted by molar-refractivity contribution is 7.99. The summed E-state index contributed by atoms with van der Waals surface area (Å²) in [5, 5.41) is 12.6. The minimum absolute atomic E-state index is 0.343. The van der Waals surface area contributed by atoms with Crippen LogP contribution in [0, 0.1) is 23.7 Å². The topological polar surface area (TPSA) is 32.3 Å². The second-order valence-corrected chi connectivity index (χ2v) is 7.82. The minimum Gasteiger partial charge on any atom is -0.396 e. The van der Waals surface area contributed by atoms with E-state index in [1.165, 1.54) is 38.0 Å². The molecule has 4 bridgehead atoms. The fraction of sp³-hybridized carbons (Fsp3) is 1.00. The molecule has 3 heteroatoms. The lowest BCUT2D eigenvalue weighted by Crippen LogP contribution is -2.54. The normalized spacial score (nSPS) is 41.5. The van der Waals surface area contributed by atoms with Crippen LogP contribution in [0.15, 0.2) is 0 Å². The summed E-state index contributed by atoms with van der Waals surface area (Å²) in [6.07, 6.45) is 8.56. The van der Waals surface area contributed by atoms with Crippen LogP contribution >= 0.6 is 11.8 Å². The zero-order chi connectivity index (χ0) is 12.4. The van der Waals surface area contributed by atoms with Crippen molar-refractivity contribution < 1.29 is 5.11 Å². The number of hydrogen-bond acceptors (Lipinski definition) is 3. The lowest BCUT2D eigenvalue weighted by Gasteiger charge is -2.54. The van der Waals surface area contributed by atoms with Crippen molar-refractivity contribution in [1.82, 2.24) is 5.32 Å². The molecule has 0 saturated heterocycles. The van der Waals surface area contributed by atoms with Gasteiger partial charge in [0.25, 0.3) is 0 Å². The Morgan fingerprint density at radius 2 is 1.61 bits per heavy atom. The average Bonchev–Trinajstić information content (AvgIpc) is 2.35. The minimum atomic E-state index is 0.343. The molecule has 0 aromatic heterocycles. The van der Waals surface area contributed by atoms with Gasteiger partial charge in [-0.3, -0.25) is 0 Å². The van der Waals surface area contributed by atoms with E-state index in [0.717, 1.165) is 41.9 Å². The second-order valence-electron chi connectivity index (χ2n) is 6.60. The zero-order valence-electron chi connectivity index (χ0n) is 11.3. The first-order valence-corrected chi connectivity index (χ1v) is 8.94. The quantitative estimate of drug-likeness (QED) is 0.697. The molecule has 0 aromatic rings. The number of rotatable bonds is 7. The van der Waals surface area contributed by atoms with Crippen LogP contribution in [0.2, 0.25) is 0 Å². The third-order valence-electron chi connectivity index (χ3n) is 5.30. The Balaban J connectivity index is 1.38. The van der Waals surface area contributed by atoms with Gasteiger partial charge in [0, 0.05) is 24.9 Å². The lowest BCUT2D eigenvalue weighted by molar-refractivity contribution is -0.0128. The average molecular weight is 269 g/mol. The van der Waals surface area contributed by atoms with Crippen molar-refractivity contribution in [2.45, 2.75) is 44.6 Å². The highest BCUT2D eigenvalue weighted by Gasteiger charge is 2.47.